The van der Waals surface area contributed by atoms with Crippen molar-refractivity contribution in [3.8, 4) is 11.5 Å². The maximum Gasteiger partial charge on any atom is 0.315 e. The Morgan fingerprint density at radius 2 is 1.50 bits per heavy atom. The van der Waals surface area contributed by atoms with E-state index >= 15 is 0 Å². The molecule has 2 amide bonds. The number of carbonyl (C=O) groups excluding carboxylic acids is 2. The molecule has 0 unspecified atom stereocenters. The Kier molecular flexibility index (Phi) is 9.53. The van der Waals surface area contributed by atoms with E-state index in [1.807, 2.05) is 74.5 Å². The fourth-order valence-electron chi connectivity index (χ4n) is 3.97. The molecule has 38 heavy (non-hydrogen) atoms. The maximum atomic E-state index is 13.5. The lowest BCUT2D eigenvalue weighted by molar-refractivity contribution is -0.385. The Morgan fingerprint density at radius 1 is 0.921 bits per heavy atom. The Labute approximate surface area is 220 Å². The highest BCUT2D eigenvalue weighted by Gasteiger charge is 2.29. The van der Waals surface area contributed by atoms with E-state index in [0.717, 1.165) is 11.1 Å². The van der Waals surface area contributed by atoms with Gasteiger partial charge in [-0.2, -0.15) is 5.10 Å². The first-order chi connectivity index (χ1) is 18.3. The van der Waals surface area contributed by atoms with Crippen LogP contribution in [0.3, 0.4) is 0 Å². The van der Waals surface area contributed by atoms with E-state index < -0.39 is 22.8 Å². The first-order valence-electron chi connectivity index (χ1n) is 11.9. The molecule has 0 aliphatic heterocycles. The number of hydrazone groups is 1. The molecular formula is C28H30N4O6. The number of rotatable bonds is 11. The van der Waals surface area contributed by atoms with Gasteiger partial charge in [0.15, 0.2) is 5.75 Å². The molecule has 2 N–H and O–H groups in total. The van der Waals surface area contributed by atoms with Crippen LogP contribution in [0.25, 0.3) is 0 Å². The Hall–Kier alpha value is -4.73. The van der Waals surface area contributed by atoms with Gasteiger partial charge in [0.05, 0.1) is 31.3 Å². The molecule has 1 atom stereocenters. The van der Waals surface area contributed by atoms with Crippen LogP contribution in [-0.2, 0) is 9.59 Å². The number of hydrogen-bond donors (Lipinski definition) is 2. The van der Waals surface area contributed by atoms with E-state index in [4.69, 9.17) is 9.47 Å². The molecule has 0 aliphatic carbocycles. The Bertz CT molecular complexity index is 1260. The lowest BCUT2D eigenvalue weighted by Crippen LogP contribution is -2.50. The van der Waals surface area contributed by atoms with Gasteiger partial charge in [-0.1, -0.05) is 74.5 Å². The van der Waals surface area contributed by atoms with Crippen molar-refractivity contribution < 1.29 is 24.0 Å². The molecule has 0 saturated carbocycles. The number of benzene rings is 3. The molecule has 0 saturated heterocycles. The molecule has 0 spiro atoms. The summed E-state index contributed by atoms with van der Waals surface area (Å²) in [5.74, 6) is -1.58. The summed E-state index contributed by atoms with van der Waals surface area (Å²) in [7, 11) is 2.66. The van der Waals surface area contributed by atoms with Crippen LogP contribution in [-0.4, -0.2) is 43.2 Å². The number of amides is 2. The van der Waals surface area contributed by atoms with Gasteiger partial charge in [-0.25, -0.2) is 5.43 Å². The number of nitro groups is 1. The topological polar surface area (TPSA) is 132 Å². The summed E-state index contributed by atoms with van der Waals surface area (Å²) in [4.78, 5) is 37.3. The van der Waals surface area contributed by atoms with Gasteiger partial charge >= 0.3 is 5.69 Å². The van der Waals surface area contributed by atoms with E-state index in [2.05, 4.69) is 15.8 Å². The molecule has 0 radical (unpaired) electrons. The van der Waals surface area contributed by atoms with Gasteiger partial charge in [0, 0.05) is 11.6 Å². The lowest BCUT2D eigenvalue weighted by Gasteiger charge is -2.24. The predicted molar refractivity (Wildman–Crippen MR) is 143 cm³/mol. The zero-order valence-electron chi connectivity index (χ0n) is 21.6. The van der Waals surface area contributed by atoms with Crippen molar-refractivity contribution in [2.45, 2.75) is 25.8 Å². The number of nitrogens with zero attached hydrogens (tertiary/aromatic N) is 2. The molecule has 3 aromatic rings. The number of ether oxygens (including phenoxy) is 2. The molecule has 3 rings (SSSR count). The van der Waals surface area contributed by atoms with Crippen LogP contribution in [0.2, 0.25) is 0 Å². The van der Waals surface area contributed by atoms with Gasteiger partial charge in [-0.05, 0) is 23.1 Å². The second-order valence-corrected chi connectivity index (χ2v) is 8.75. The van der Waals surface area contributed by atoms with Crippen LogP contribution in [0.4, 0.5) is 5.69 Å². The highest BCUT2D eigenvalue weighted by Crippen LogP contribution is 2.37. The third-order valence-electron chi connectivity index (χ3n) is 5.84. The van der Waals surface area contributed by atoms with Crippen molar-refractivity contribution in [3.05, 3.63) is 99.6 Å². The van der Waals surface area contributed by atoms with Crippen LogP contribution in [0.5, 0.6) is 11.5 Å². The Morgan fingerprint density at radius 3 is 1.97 bits per heavy atom. The van der Waals surface area contributed by atoms with Gasteiger partial charge in [0.2, 0.25) is 11.7 Å². The minimum atomic E-state index is -0.880. The molecule has 0 aliphatic rings. The van der Waals surface area contributed by atoms with Crippen LogP contribution < -0.4 is 20.2 Å². The van der Waals surface area contributed by atoms with E-state index in [-0.39, 0.29) is 29.0 Å². The average Bonchev–Trinajstić information content (AvgIpc) is 2.92. The fourth-order valence-corrected chi connectivity index (χ4v) is 3.97. The van der Waals surface area contributed by atoms with Crippen molar-refractivity contribution in [2.24, 2.45) is 11.0 Å². The summed E-state index contributed by atoms with van der Waals surface area (Å²) < 4.78 is 10.3. The van der Waals surface area contributed by atoms with E-state index in [1.165, 1.54) is 32.6 Å². The van der Waals surface area contributed by atoms with Gasteiger partial charge in [0.1, 0.15) is 6.04 Å². The molecule has 10 nitrogen and oxygen atoms in total. The second-order valence-electron chi connectivity index (χ2n) is 8.75. The minimum absolute atomic E-state index is 0.0207. The quantitative estimate of drug-likeness (QED) is 0.224. The first kappa shape index (κ1) is 27.9. The zero-order chi connectivity index (χ0) is 27.7. The summed E-state index contributed by atoms with van der Waals surface area (Å²) in [5.41, 5.74) is 4.03. The van der Waals surface area contributed by atoms with Crippen LogP contribution in [0.15, 0.2) is 77.9 Å². The predicted octanol–water partition coefficient (Wildman–Crippen LogP) is 4.04. The first-order valence-corrected chi connectivity index (χ1v) is 11.9. The van der Waals surface area contributed by atoms with E-state index in [9.17, 15) is 19.7 Å². The lowest BCUT2D eigenvalue weighted by atomic mass is 9.89. The van der Waals surface area contributed by atoms with Crippen LogP contribution >= 0.6 is 0 Å². The number of hydrogen-bond acceptors (Lipinski definition) is 7. The molecule has 198 valence electrons. The monoisotopic (exact) mass is 518 g/mol. The zero-order valence-corrected chi connectivity index (χ0v) is 21.6. The molecule has 0 bridgehead atoms. The number of nitro benzene ring substituents is 1. The minimum Gasteiger partial charge on any atom is -0.493 e. The smallest absolute Gasteiger partial charge is 0.315 e. The van der Waals surface area contributed by atoms with E-state index in [1.54, 1.807) is 0 Å². The normalized spacial score (nSPS) is 11.8. The van der Waals surface area contributed by atoms with E-state index in [0.29, 0.717) is 5.56 Å². The van der Waals surface area contributed by atoms with Crippen molar-refractivity contribution in [1.29, 1.82) is 0 Å². The van der Waals surface area contributed by atoms with Gasteiger partial charge < -0.3 is 14.8 Å². The Balaban J connectivity index is 1.79. The van der Waals surface area contributed by atoms with Crippen molar-refractivity contribution >= 4 is 23.7 Å². The molecule has 3 aromatic carbocycles. The van der Waals surface area contributed by atoms with Crippen LogP contribution in [0.1, 0.15) is 36.5 Å². The highest BCUT2D eigenvalue weighted by molar-refractivity contribution is 5.93. The molecule has 10 heteroatoms. The maximum absolute atomic E-state index is 13.5. The van der Waals surface area contributed by atoms with Crippen molar-refractivity contribution in [2.75, 3.05) is 14.2 Å². The summed E-state index contributed by atoms with van der Waals surface area (Å²) in [6, 6.07) is 20.5. The summed E-state index contributed by atoms with van der Waals surface area (Å²) in [5, 5.41) is 18.2. The number of nitrogens with one attached hydrogen (secondary N) is 2. The SMILES string of the molecule is COc1cc(/C=N\NC(=O)[C@H](NC(=O)C(c2ccccc2)c2ccccc2)C(C)C)cc([N+](=O)[O-])c1OC. The van der Waals surface area contributed by atoms with Gasteiger partial charge in [-0.15, -0.1) is 0 Å². The molecular weight excluding hydrogens is 488 g/mol. The van der Waals surface area contributed by atoms with Gasteiger partial charge in [-0.3, -0.25) is 19.7 Å². The van der Waals surface area contributed by atoms with Crippen molar-refractivity contribution in [3.63, 3.8) is 0 Å². The highest BCUT2D eigenvalue weighted by atomic mass is 16.6. The summed E-state index contributed by atoms with van der Waals surface area (Å²) >= 11 is 0. The standard InChI is InChI=1S/C28H30N4O6/c1-18(2)25(30-27(33)24(20-11-7-5-8-12-20)21-13-9-6-10-14-21)28(34)31-29-17-19-15-22(32(35)36)26(38-4)23(16-19)37-3/h5-18,24-25H,1-4H3,(H,30,33)(H,31,34)/b29-17-/t25-/m1/s1. The summed E-state index contributed by atoms with van der Waals surface area (Å²) in [6.07, 6.45) is 1.25. The largest absolute Gasteiger partial charge is 0.493 e. The second kappa shape index (κ2) is 13.0. The van der Waals surface area contributed by atoms with Crippen LogP contribution in [0, 0.1) is 16.0 Å². The summed E-state index contributed by atoms with van der Waals surface area (Å²) in [6.45, 7) is 3.62. The number of methoxy groups -OCH3 is 2. The van der Waals surface area contributed by atoms with Crippen molar-refractivity contribution in [1.82, 2.24) is 10.7 Å². The molecule has 0 fully saturated rings. The number of carbonyl (C=O) groups is 2. The average molecular weight is 519 g/mol. The third-order valence-corrected chi connectivity index (χ3v) is 5.84. The third kappa shape index (κ3) is 6.73. The fraction of sp³-hybridized carbons (Fsp3) is 0.250. The molecule has 0 heterocycles. The van der Waals surface area contributed by atoms with Gasteiger partial charge in [0.25, 0.3) is 5.91 Å². The molecule has 0 aromatic heterocycles.